The molecule has 0 radical (unpaired) electrons. The van der Waals surface area contributed by atoms with Crippen molar-refractivity contribution in [1.29, 1.82) is 0 Å². The Labute approximate surface area is 145 Å². The van der Waals surface area contributed by atoms with Crippen LogP contribution in [0.3, 0.4) is 0 Å². The van der Waals surface area contributed by atoms with Crippen LogP contribution in [0.1, 0.15) is 58.8 Å². The number of hydrogen-bond acceptors (Lipinski definition) is 3. The van der Waals surface area contributed by atoms with Gasteiger partial charge in [-0.3, -0.25) is 9.59 Å². The number of hydrogen-bond donors (Lipinski definition) is 0. The van der Waals surface area contributed by atoms with E-state index in [-0.39, 0.29) is 23.3 Å². The summed E-state index contributed by atoms with van der Waals surface area (Å²) >= 11 is 0. The summed E-state index contributed by atoms with van der Waals surface area (Å²) in [5.74, 6) is 1.12. The highest BCUT2D eigenvalue weighted by molar-refractivity contribution is 5.88. The molecule has 3 rings (SSSR count). The average Bonchev–Trinajstić information content (AvgIpc) is 2.61. The summed E-state index contributed by atoms with van der Waals surface area (Å²) in [6, 6.07) is 0.113. The van der Waals surface area contributed by atoms with E-state index in [0.717, 1.165) is 45.1 Å². The summed E-state index contributed by atoms with van der Waals surface area (Å²) in [5.41, 5.74) is -0.333. The number of likely N-dealkylation sites (tertiary alicyclic amines) is 1. The second kappa shape index (κ2) is 7.42. The molecule has 24 heavy (non-hydrogen) atoms. The largest absolute Gasteiger partial charge is 0.378 e. The van der Waals surface area contributed by atoms with Gasteiger partial charge in [-0.2, -0.15) is 0 Å². The topological polar surface area (TPSA) is 49.9 Å². The lowest BCUT2D eigenvalue weighted by Crippen LogP contribution is -2.63. The van der Waals surface area contributed by atoms with Gasteiger partial charge in [0.1, 0.15) is 0 Å². The fourth-order valence-electron chi connectivity index (χ4n) is 4.73. The number of carbonyl (C=O) groups excluding carboxylic acids is 2. The molecule has 0 aromatic carbocycles. The summed E-state index contributed by atoms with van der Waals surface area (Å²) < 4.78 is 5.42. The van der Waals surface area contributed by atoms with Crippen LogP contribution in [0.25, 0.3) is 0 Å². The van der Waals surface area contributed by atoms with Crippen molar-refractivity contribution in [2.45, 2.75) is 64.8 Å². The Morgan fingerprint density at radius 2 is 2.00 bits per heavy atom. The molecule has 3 aliphatic rings. The molecule has 136 valence electrons. The fraction of sp³-hybridized carbons (Fsp3) is 0.895. The van der Waals surface area contributed by atoms with E-state index >= 15 is 0 Å². The predicted molar refractivity (Wildman–Crippen MR) is 92.5 cm³/mol. The maximum absolute atomic E-state index is 13.4. The standard InChI is InChI=1S/C19H32N2O3/c1-15(2)7-10-21-16-5-3-4-8-19(16,9-6-17(21)22)18(23)20-11-13-24-14-12-20/h15-16H,3-14H2,1-2H3/t16-,19-/m1/s1. The molecule has 0 N–H and O–H groups in total. The van der Waals surface area contributed by atoms with Gasteiger partial charge >= 0.3 is 0 Å². The van der Waals surface area contributed by atoms with E-state index in [1.165, 1.54) is 0 Å². The van der Waals surface area contributed by atoms with Gasteiger partial charge in [0, 0.05) is 32.1 Å². The van der Waals surface area contributed by atoms with E-state index in [1.54, 1.807) is 0 Å². The second-order valence-corrected chi connectivity index (χ2v) is 8.09. The number of nitrogens with zero attached hydrogens (tertiary/aromatic N) is 2. The summed E-state index contributed by atoms with van der Waals surface area (Å²) in [5, 5.41) is 0. The molecule has 2 atom stereocenters. The maximum Gasteiger partial charge on any atom is 0.231 e. The van der Waals surface area contributed by atoms with E-state index in [0.29, 0.717) is 38.6 Å². The number of carbonyl (C=O) groups is 2. The van der Waals surface area contributed by atoms with Crippen molar-refractivity contribution < 1.29 is 14.3 Å². The summed E-state index contributed by atoms with van der Waals surface area (Å²) in [4.78, 5) is 30.1. The van der Waals surface area contributed by atoms with Crippen molar-refractivity contribution in [3.8, 4) is 0 Å². The van der Waals surface area contributed by atoms with E-state index in [4.69, 9.17) is 4.74 Å². The lowest BCUT2D eigenvalue weighted by molar-refractivity contribution is -0.164. The third kappa shape index (κ3) is 3.32. The van der Waals surface area contributed by atoms with Gasteiger partial charge in [0.05, 0.1) is 18.6 Å². The third-order valence-corrected chi connectivity index (χ3v) is 6.14. The SMILES string of the molecule is CC(C)CCN1C(=O)CC[C@]2(C(=O)N3CCOCC3)CCCC[C@@H]12. The summed E-state index contributed by atoms with van der Waals surface area (Å²) in [6.07, 6.45) is 6.46. The molecule has 2 amide bonds. The Balaban J connectivity index is 1.82. The lowest BCUT2D eigenvalue weighted by Gasteiger charge is -2.53. The minimum absolute atomic E-state index is 0.113. The molecular weight excluding hydrogens is 304 g/mol. The number of piperidine rings is 1. The Bertz CT molecular complexity index is 473. The molecule has 0 aromatic rings. The van der Waals surface area contributed by atoms with Gasteiger partial charge in [-0.25, -0.2) is 0 Å². The van der Waals surface area contributed by atoms with Crippen LogP contribution in [0.2, 0.25) is 0 Å². The Morgan fingerprint density at radius 3 is 2.71 bits per heavy atom. The third-order valence-electron chi connectivity index (χ3n) is 6.14. The van der Waals surface area contributed by atoms with Crippen LogP contribution in [0.4, 0.5) is 0 Å². The zero-order chi connectivity index (χ0) is 17.2. The van der Waals surface area contributed by atoms with Crippen LogP contribution in [0, 0.1) is 11.3 Å². The molecule has 1 aliphatic carbocycles. The van der Waals surface area contributed by atoms with E-state index < -0.39 is 0 Å². The van der Waals surface area contributed by atoms with Crippen molar-refractivity contribution in [2.24, 2.45) is 11.3 Å². The Hall–Kier alpha value is -1.10. The van der Waals surface area contributed by atoms with Crippen molar-refractivity contribution in [3.05, 3.63) is 0 Å². The number of ether oxygens (including phenoxy) is 1. The van der Waals surface area contributed by atoms with Gasteiger partial charge in [-0.05, 0) is 31.6 Å². The second-order valence-electron chi connectivity index (χ2n) is 8.09. The molecule has 2 saturated heterocycles. The van der Waals surface area contributed by atoms with Crippen molar-refractivity contribution in [3.63, 3.8) is 0 Å². The zero-order valence-corrected chi connectivity index (χ0v) is 15.3. The van der Waals surface area contributed by atoms with Gasteiger partial charge in [0.15, 0.2) is 0 Å². The zero-order valence-electron chi connectivity index (χ0n) is 15.3. The Kier molecular flexibility index (Phi) is 5.48. The minimum Gasteiger partial charge on any atom is -0.378 e. The minimum atomic E-state index is -0.333. The quantitative estimate of drug-likeness (QED) is 0.792. The maximum atomic E-state index is 13.4. The molecular formula is C19H32N2O3. The first-order valence-electron chi connectivity index (χ1n) is 9.71. The van der Waals surface area contributed by atoms with Crippen LogP contribution in [-0.4, -0.2) is 60.5 Å². The monoisotopic (exact) mass is 336 g/mol. The van der Waals surface area contributed by atoms with Crippen LogP contribution >= 0.6 is 0 Å². The Morgan fingerprint density at radius 1 is 1.25 bits per heavy atom. The van der Waals surface area contributed by atoms with Gasteiger partial charge in [-0.1, -0.05) is 26.7 Å². The number of morpholine rings is 1. The van der Waals surface area contributed by atoms with Gasteiger partial charge < -0.3 is 14.5 Å². The van der Waals surface area contributed by atoms with Crippen LogP contribution in [-0.2, 0) is 14.3 Å². The molecule has 2 aliphatic heterocycles. The lowest BCUT2D eigenvalue weighted by atomic mass is 9.64. The summed E-state index contributed by atoms with van der Waals surface area (Å²) in [7, 11) is 0. The predicted octanol–water partition coefficient (Wildman–Crippen LogP) is 2.44. The van der Waals surface area contributed by atoms with E-state index in [2.05, 4.69) is 18.7 Å². The fourth-order valence-corrected chi connectivity index (χ4v) is 4.73. The molecule has 5 heteroatoms. The highest BCUT2D eigenvalue weighted by Gasteiger charge is 2.54. The van der Waals surface area contributed by atoms with Crippen LogP contribution < -0.4 is 0 Å². The highest BCUT2D eigenvalue weighted by atomic mass is 16.5. The number of rotatable bonds is 4. The molecule has 0 spiro atoms. The first kappa shape index (κ1) is 17.7. The molecule has 0 unspecified atom stereocenters. The van der Waals surface area contributed by atoms with Gasteiger partial charge in [-0.15, -0.1) is 0 Å². The van der Waals surface area contributed by atoms with Crippen molar-refractivity contribution in [1.82, 2.24) is 9.80 Å². The molecule has 0 bridgehead atoms. The summed E-state index contributed by atoms with van der Waals surface area (Å²) in [6.45, 7) is 7.88. The molecule has 5 nitrogen and oxygen atoms in total. The van der Waals surface area contributed by atoms with Crippen molar-refractivity contribution >= 4 is 11.8 Å². The van der Waals surface area contributed by atoms with Gasteiger partial charge in [0.25, 0.3) is 0 Å². The number of fused-ring (bicyclic) bond motifs is 1. The first-order chi connectivity index (χ1) is 11.5. The number of amides is 2. The van der Waals surface area contributed by atoms with Crippen LogP contribution in [0.15, 0.2) is 0 Å². The molecule has 0 aromatic heterocycles. The first-order valence-corrected chi connectivity index (χ1v) is 9.71. The smallest absolute Gasteiger partial charge is 0.231 e. The van der Waals surface area contributed by atoms with Crippen LogP contribution in [0.5, 0.6) is 0 Å². The average molecular weight is 336 g/mol. The van der Waals surface area contributed by atoms with E-state index in [1.807, 2.05) is 4.90 Å². The molecule has 2 heterocycles. The van der Waals surface area contributed by atoms with E-state index in [9.17, 15) is 9.59 Å². The highest BCUT2D eigenvalue weighted by Crippen LogP contribution is 2.47. The normalized spacial score (nSPS) is 31.3. The van der Waals surface area contributed by atoms with Gasteiger partial charge in [0.2, 0.25) is 11.8 Å². The molecule has 1 saturated carbocycles. The van der Waals surface area contributed by atoms with Crippen molar-refractivity contribution in [2.75, 3.05) is 32.8 Å². The molecule has 3 fully saturated rings.